The van der Waals surface area contributed by atoms with Crippen LogP contribution in [0.15, 0.2) is 48.5 Å². The van der Waals surface area contributed by atoms with Crippen LogP contribution < -0.4 is 10.6 Å². The van der Waals surface area contributed by atoms with Crippen molar-refractivity contribution < 1.29 is 14.3 Å². The Morgan fingerprint density at radius 3 is 2.73 bits per heavy atom. The van der Waals surface area contributed by atoms with Gasteiger partial charge in [-0.2, -0.15) is 0 Å². The third-order valence-electron chi connectivity index (χ3n) is 3.71. The first kappa shape index (κ1) is 17.9. The number of ether oxygens (including phenoxy) is 1. The number of fused-ring (bicyclic) bond motifs is 1. The second kappa shape index (κ2) is 7.97. The Balaban J connectivity index is 1.52. The molecule has 0 saturated carbocycles. The molecule has 3 aromatic rings. The molecule has 0 spiro atoms. The van der Waals surface area contributed by atoms with Crippen molar-refractivity contribution in [1.29, 1.82) is 0 Å². The van der Waals surface area contributed by atoms with Gasteiger partial charge in [-0.25, -0.2) is 9.78 Å². The van der Waals surface area contributed by atoms with Crippen LogP contribution in [0.5, 0.6) is 0 Å². The molecule has 0 saturated heterocycles. The van der Waals surface area contributed by atoms with Crippen LogP contribution in [0.3, 0.4) is 0 Å². The smallest absolute Gasteiger partial charge is 0.408 e. The zero-order valence-corrected chi connectivity index (χ0v) is 15.3. The van der Waals surface area contributed by atoms with Crippen LogP contribution in [0.25, 0.3) is 10.2 Å². The molecule has 1 atom stereocenters. The van der Waals surface area contributed by atoms with E-state index in [0.29, 0.717) is 5.13 Å². The predicted octanol–water partition coefficient (Wildman–Crippen LogP) is 3.86. The molecule has 2 amide bonds. The van der Waals surface area contributed by atoms with Gasteiger partial charge in [0.1, 0.15) is 12.6 Å². The van der Waals surface area contributed by atoms with Gasteiger partial charge < -0.3 is 15.4 Å². The SMILES string of the molecule is Cc1ccc2nc(NC(=O)[C@H](C)NC(=O)OCc3ccccc3)sc2c1. The number of carbonyl (C=O) groups is 2. The van der Waals surface area contributed by atoms with Crippen molar-refractivity contribution in [2.75, 3.05) is 5.32 Å². The van der Waals surface area contributed by atoms with Gasteiger partial charge >= 0.3 is 6.09 Å². The van der Waals surface area contributed by atoms with Gasteiger partial charge in [-0.15, -0.1) is 0 Å². The number of alkyl carbamates (subject to hydrolysis) is 1. The van der Waals surface area contributed by atoms with E-state index < -0.39 is 12.1 Å². The first-order chi connectivity index (χ1) is 12.5. The molecule has 7 heteroatoms. The summed E-state index contributed by atoms with van der Waals surface area (Å²) in [5, 5.41) is 5.75. The van der Waals surface area contributed by atoms with Crippen molar-refractivity contribution in [1.82, 2.24) is 10.3 Å². The predicted molar refractivity (Wildman–Crippen MR) is 102 cm³/mol. The number of carbonyl (C=O) groups excluding carboxylic acids is 2. The second-order valence-corrected chi connectivity index (χ2v) is 6.94. The summed E-state index contributed by atoms with van der Waals surface area (Å²) in [4.78, 5) is 28.5. The summed E-state index contributed by atoms with van der Waals surface area (Å²) in [6.07, 6.45) is -0.642. The fourth-order valence-corrected chi connectivity index (χ4v) is 3.27. The van der Waals surface area contributed by atoms with Crippen LogP contribution in [0, 0.1) is 6.92 Å². The minimum Gasteiger partial charge on any atom is -0.445 e. The molecule has 134 valence electrons. The molecule has 6 nitrogen and oxygen atoms in total. The van der Waals surface area contributed by atoms with Crippen molar-refractivity contribution in [2.45, 2.75) is 26.5 Å². The first-order valence-corrected chi connectivity index (χ1v) is 8.98. The summed E-state index contributed by atoms with van der Waals surface area (Å²) in [6, 6.07) is 14.5. The Morgan fingerprint density at radius 2 is 1.96 bits per heavy atom. The minimum atomic E-state index is -0.743. The number of hydrogen-bond donors (Lipinski definition) is 2. The molecule has 0 unspecified atom stereocenters. The van der Waals surface area contributed by atoms with E-state index in [0.717, 1.165) is 21.3 Å². The van der Waals surface area contributed by atoms with Gasteiger partial charge in [0.2, 0.25) is 5.91 Å². The molecule has 0 aliphatic heterocycles. The van der Waals surface area contributed by atoms with Crippen LogP contribution in [0.1, 0.15) is 18.1 Å². The number of thiazole rings is 1. The highest BCUT2D eigenvalue weighted by molar-refractivity contribution is 7.22. The number of amides is 2. The average molecular weight is 369 g/mol. The van der Waals surface area contributed by atoms with Crippen molar-refractivity contribution in [3.8, 4) is 0 Å². The van der Waals surface area contributed by atoms with Crippen LogP contribution in [-0.2, 0) is 16.1 Å². The number of nitrogens with zero attached hydrogens (tertiary/aromatic N) is 1. The van der Waals surface area contributed by atoms with Gasteiger partial charge in [0, 0.05) is 0 Å². The zero-order valence-electron chi connectivity index (χ0n) is 14.5. The van der Waals surface area contributed by atoms with Crippen LogP contribution in [0.2, 0.25) is 0 Å². The Kier molecular flexibility index (Phi) is 5.48. The fourth-order valence-electron chi connectivity index (χ4n) is 2.31. The molecule has 0 bridgehead atoms. The molecule has 0 aliphatic rings. The molecule has 0 aliphatic carbocycles. The molecule has 2 N–H and O–H groups in total. The monoisotopic (exact) mass is 369 g/mol. The number of aromatic nitrogens is 1. The van der Waals surface area contributed by atoms with Gasteiger partial charge in [0.15, 0.2) is 5.13 Å². The fraction of sp³-hybridized carbons (Fsp3) is 0.211. The maximum atomic E-state index is 12.3. The standard InChI is InChI=1S/C19H19N3O3S/c1-12-8-9-15-16(10-12)26-18(21-15)22-17(23)13(2)20-19(24)25-11-14-6-4-3-5-7-14/h3-10,13H,11H2,1-2H3,(H,20,24)(H,21,22,23)/t13-/m0/s1. The van der Waals surface area contributed by atoms with Crippen LogP contribution in [-0.4, -0.2) is 23.0 Å². The number of nitrogens with one attached hydrogen (secondary N) is 2. The minimum absolute atomic E-state index is 0.151. The van der Waals surface area contributed by atoms with E-state index in [9.17, 15) is 9.59 Å². The van der Waals surface area contributed by atoms with Crippen molar-refractivity contribution in [3.63, 3.8) is 0 Å². The normalized spacial score (nSPS) is 11.8. The summed E-state index contributed by atoms with van der Waals surface area (Å²) >= 11 is 1.40. The van der Waals surface area contributed by atoms with Crippen LogP contribution in [0.4, 0.5) is 9.93 Å². The lowest BCUT2D eigenvalue weighted by molar-refractivity contribution is -0.117. The maximum absolute atomic E-state index is 12.3. The maximum Gasteiger partial charge on any atom is 0.408 e. The Morgan fingerprint density at radius 1 is 1.19 bits per heavy atom. The highest BCUT2D eigenvalue weighted by Gasteiger charge is 2.18. The van der Waals surface area contributed by atoms with Crippen molar-refractivity contribution in [2.24, 2.45) is 0 Å². The lowest BCUT2D eigenvalue weighted by Crippen LogP contribution is -2.41. The topological polar surface area (TPSA) is 80.3 Å². The third kappa shape index (κ3) is 4.58. The van der Waals surface area contributed by atoms with Gasteiger partial charge in [-0.3, -0.25) is 4.79 Å². The number of aryl methyl sites for hydroxylation is 1. The molecule has 26 heavy (non-hydrogen) atoms. The number of hydrogen-bond acceptors (Lipinski definition) is 5. The first-order valence-electron chi connectivity index (χ1n) is 8.16. The number of rotatable bonds is 5. The highest BCUT2D eigenvalue weighted by Crippen LogP contribution is 2.26. The summed E-state index contributed by atoms with van der Waals surface area (Å²) in [5.74, 6) is -0.350. The van der Waals surface area contributed by atoms with E-state index >= 15 is 0 Å². The molecule has 1 aromatic heterocycles. The lowest BCUT2D eigenvalue weighted by Gasteiger charge is -2.13. The lowest BCUT2D eigenvalue weighted by atomic mass is 10.2. The van der Waals surface area contributed by atoms with Gasteiger partial charge in [0.25, 0.3) is 0 Å². The van der Waals surface area contributed by atoms with E-state index in [4.69, 9.17) is 4.74 Å². The Hall–Kier alpha value is -2.93. The molecular weight excluding hydrogens is 350 g/mol. The summed E-state index contributed by atoms with van der Waals surface area (Å²) in [5.41, 5.74) is 2.85. The molecule has 0 fully saturated rings. The van der Waals surface area contributed by atoms with E-state index in [1.54, 1.807) is 6.92 Å². The Bertz CT molecular complexity index is 924. The van der Waals surface area contributed by atoms with E-state index in [-0.39, 0.29) is 12.5 Å². The van der Waals surface area contributed by atoms with Gasteiger partial charge in [-0.05, 0) is 37.1 Å². The zero-order chi connectivity index (χ0) is 18.5. The summed E-state index contributed by atoms with van der Waals surface area (Å²) in [7, 11) is 0. The molecule has 0 radical (unpaired) electrons. The molecule has 2 aromatic carbocycles. The number of anilines is 1. The summed E-state index contributed by atoms with van der Waals surface area (Å²) in [6.45, 7) is 3.75. The van der Waals surface area contributed by atoms with Crippen LogP contribution >= 0.6 is 11.3 Å². The van der Waals surface area contributed by atoms with Crippen molar-refractivity contribution >= 4 is 38.7 Å². The average Bonchev–Trinajstić information content (AvgIpc) is 3.02. The molecule has 1 heterocycles. The highest BCUT2D eigenvalue weighted by atomic mass is 32.1. The molecular formula is C19H19N3O3S. The third-order valence-corrected chi connectivity index (χ3v) is 4.65. The summed E-state index contributed by atoms with van der Waals surface area (Å²) < 4.78 is 6.12. The van der Waals surface area contributed by atoms with Gasteiger partial charge in [0.05, 0.1) is 10.2 Å². The van der Waals surface area contributed by atoms with E-state index in [2.05, 4.69) is 15.6 Å². The largest absolute Gasteiger partial charge is 0.445 e. The molecule has 3 rings (SSSR count). The van der Waals surface area contributed by atoms with E-state index in [1.807, 2.05) is 55.5 Å². The Labute approximate surface area is 155 Å². The van der Waals surface area contributed by atoms with E-state index in [1.165, 1.54) is 11.3 Å². The van der Waals surface area contributed by atoms with Crippen molar-refractivity contribution in [3.05, 3.63) is 59.7 Å². The number of benzene rings is 2. The quantitative estimate of drug-likeness (QED) is 0.716. The van der Waals surface area contributed by atoms with Gasteiger partial charge in [-0.1, -0.05) is 47.7 Å². The second-order valence-electron chi connectivity index (χ2n) is 5.91.